The van der Waals surface area contributed by atoms with Gasteiger partial charge in [-0.2, -0.15) is 4.99 Å². The molecule has 2 heterocycles. The van der Waals surface area contributed by atoms with Crippen molar-refractivity contribution in [3.05, 3.63) is 76.9 Å². The molecule has 0 fully saturated rings. The maximum absolute atomic E-state index is 12.5. The minimum absolute atomic E-state index is 0.127. The molecule has 33 heavy (non-hydrogen) atoms. The van der Waals surface area contributed by atoms with Crippen molar-refractivity contribution in [2.24, 2.45) is 4.99 Å². The van der Waals surface area contributed by atoms with E-state index in [0.717, 1.165) is 27.0 Å². The lowest BCUT2D eigenvalue weighted by Crippen LogP contribution is -2.18. The molecule has 0 aliphatic rings. The Morgan fingerprint density at radius 2 is 2.03 bits per heavy atom. The molecule has 2 amide bonds. The van der Waals surface area contributed by atoms with E-state index < -0.39 is 0 Å². The SMILES string of the molecule is C=CCn1c(=NC(=O)CSCC(=O)Nc2nc(-c3ccccc3)cs2)sc2cc(C)ccc21. The fraction of sp³-hybridized carbons (Fsp3) is 0.167. The highest BCUT2D eigenvalue weighted by atomic mass is 32.2. The van der Waals surface area contributed by atoms with Crippen molar-refractivity contribution < 1.29 is 9.59 Å². The predicted octanol–water partition coefficient (Wildman–Crippen LogP) is 5.12. The molecule has 6 nitrogen and oxygen atoms in total. The monoisotopic (exact) mass is 494 g/mol. The van der Waals surface area contributed by atoms with E-state index in [-0.39, 0.29) is 23.3 Å². The van der Waals surface area contributed by atoms with E-state index >= 15 is 0 Å². The Kier molecular flexibility index (Phi) is 7.54. The number of nitrogens with zero attached hydrogens (tertiary/aromatic N) is 3. The molecule has 2 aromatic heterocycles. The van der Waals surface area contributed by atoms with Gasteiger partial charge in [0.05, 0.1) is 27.4 Å². The predicted molar refractivity (Wildman–Crippen MR) is 139 cm³/mol. The molecule has 9 heteroatoms. The molecule has 4 aromatic rings. The number of aromatic nitrogens is 2. The zero-order valence-electron chi connectivity index (χ0n) is 18.0. The average molecular weight is 495 g/mol. The number of benzene rings is 2. The average Bonchev–Trinajstić information content (AvgIpc) is 3.39. The van der Waals surface area contributed by atoms with Gasteiger partial charge in [0.15, 0.2) is 9.93 Å². The zero-order valence-corrected chi connectivity index (χ0v) is 20.4. The number of allylic oxidation sites excluding steroid dienone is 1. The van der Waals surface area contributed by atoms with Crippen LogP contribution in [0.25, 0.3) is 21.5 Å². The van der Waals surface area contributed by atoms with Crippen molar-refractivity contribution in [1.29, 1.82) is 0 Å². The molecule has 4 rings (SSSR count). The highest BCUT2D eigenvalue weighted by molar-refractivity contribution is 8.00. The third-order valence-electron chi connectivity index (χ3n) is 4.65. The van der Waals surface area contributed by atoms with Crippen molar-refractivity contribution in [1.82, 2.24) is 9.55 Å². The highest BCUT2D eigenvalue weighted by Crippen LogP contribution is 2.24. The zero-order chi connectivity index (χ0) is 23.2. The molecule has 1 N–H and O–H groups in total. The summed E-state index contributed by atoms with van der Waals surface area (Å²) in [7, 11) is 0. The summed E-state index contributed by atoms with van der Waals surface area (Å²) in [5, 5.41) is 5.25. The maximum atomic E-state index is 12.5. The molecule has 0 bridgehead atoms. The van der Waals surface area contributed by atoms with Crippen molar-refractivity contribution >= 4 is 61.6 Å². The van der Waals surface area contributed by atoms with E-state index in [1.54, 1.807) is 6.08 Å². The van der Waals surface area contributed by atoms with Gasteiger partial charge < -0.3 is 9.88 Å². The van der Waals surface area contributed by atoms with Crippen LogP contribution < -0.4 is 10.1 Å². The largest absolute Gasteiger partial charge is 0.313 e. The highest BCUT2D eigenvalue weighted by Gasteiger charge is 2.11. The number of carbonyl (C=O) groups is 2. The van der Waals surface area contributed by atoms with Gasteiger partial charge in [-0.25, -0.2) is 4.98 Å². The van der Waals surface area contributed by atoms with E-state index in [2.05, 4.69) is 27.9 Å². The number of nitrogens with one attached hydrogen (secondary N) is 1. The van der Waals surface area contributed by atoms with Gasteiger partial charge in [-0.3, -0.25) is 9.59 Å². The Bertz CT molecular complexity index is 1370. The molecule has 2 aromatic carbocycles. The van der Waals surface area contributed by atoms with Gasteiger partial charge >= 0.3 is 0 Å². The summed E-state index contributed by atoms with van der Waals surface area (Å²) in [4.78, 5) is 34.1. The summed E-state index contributed by atoms with van der Waals surface area (Å²) in [6, 6.07) is 16.0. The van der Waals surface area contributed by atoms with Crippen LogP contribution in [0.3, 0.4) is 0 Å². The van der Waals surface area contributed by atoms with Crippen molar-refractivity contribution in [3.8, 4) is 11.3 Å². The number of amides is 2. The molecular weight excluding hydrogens is 472 g/mol. The van der Waals surface area contributed by atoms with Crippen LogP contribution in [0.2, 0.25) is 0 Å². The van der Waals surface area contributed by atoms with Crippen LogP contribution in [0.15, 0.2) is 71.6 Å². The number of thiazole rings is 2. The summed E-state index contributed by atoms with van der Waals surface area (Å²) in [5.41, 5.74) is 4.01. The van der Waals surface area contributed by atoms with Gasteiger partial charge in [-0.1, -0.05) is 53.8 Å². The van der Waals surface area contributed by atoms with Gasteiger partial charge in [0.25, 0.3) is 5.91 Å². The first-order valence-electron chi connectivity index (χ1n) is 10.2. The summed E-state index contributed by atoms with van der Waals surface area (Å²) >= 11 is 4.09. The third-order valence-corrected chi connectivity index (χ3v) is 7.37. The standard InChI is InChI=1S/C24H22N4O2S3/c1-3-11-28-19-10-9-16(2)12-20(19)33-24(28)27-22(30)15-31-14-21(29)26-23-25-18(13-32-23)17-7-5-4-6-8-17/h3-10,12-13H,1,11,14-15H2,2H3,(H,25,26,29). The Morgan fingerprint density at radius 1 is 1.21 bits per heavy atom. The minimum atomic E-state index is -0.269. The third kappa shape index (κ3) is 5.87. The number of aryl methyl sites for hydroxylation is 1. The lowest BCUT2D eigenvalue weighted by molar-refractivity contribution is -0.115. The molecule has 0 saturated carbocycles. The fourth-order valence-electron chi connectivity index (χ4n) is 3.17. The number of anilines is 1. The Labute approximate surface area is 203 Å². The van der Waals surface area contributed by atoms with Crippen LogP contribution in [-0.4, -0.2) is 32.9 Å². The first kappa shape index (κ1) is 23.2. The van der Waals surface area contributed by atoms with E-state index in [1.807, 2.05) is 59.3 Å². The number of thioether (sulfide) groups is 1. The summed E-state index contributed by atoms with van der Waals surface area (Å²) in [6.07, 6.45) is 1.79. The first-order chi connectivity index (χ1) is 16.0. The molecule has 0 atom stereocenters. The molecule has 0 spiro atoms. The van der Waals surface area contributed by atoms with E-state index in [9.17, 15) is 9.59 Å². The van der Waals surface area contributed by atoms with Crippen LogP contribution >= 0.6 is 34.4 Å². The normalized spacial score (nSPS) is 11.6. The molecule has 0 aliphatic carbocycles. The minimum Gasteiger partial charge on any atom is -0.313 e. The summed E-state index contributed by atoms with van der Waals surface area (Å²) in [6.45, 7) is 6.42. The second kappa shape index (κ2) is 10.7. The van der Waals surface area contributed by atoms with Crippen LogP contribution in [-0.2, 0) is 16.1 Å². The molecule has 0 radical (unpaired) electrons. The van der Waals surface area contributed by atoms with Crippen LogP contribution in [0.5, 0.6) is 0 Å². The second-order valence-corrected chi connectivity index (χ2v) is 10.1. The fourth-order valence-corrected chi connectivity index (χ4v) is 5.66. The molecule has 0 aliphatic heterocycles. The van der Waals surface area contributed by atoms with Crippen molar-refractivity contribution in [3.63, 3.8) is 0 Å². The summed E-state index contributed by atoms with van der Waals surface area (Å²) in [5.74, 6) is -0.183. The van der Waals surface area contributed by atoms with Gasteiger partial charge in [0.2, 0.25) is 5.91 Å². The lowest BCUT2D eigenvalue weighted by atomic mass is 10.2. The maximum Gasteiger partial charge on any atom is 0.258 e. The Morgan fingerprint density at radius 3 is 2.82 bits per heavy atom. The quantitative estimate of drug-likeness (QED) is 0.345. The number of rotatable bonds is 8. The molecule has 0 unspecified atom stereocenters. The van der Waals surface area contributed by atoms with Gasteiger partial charge in [0, 0.05) is 17.5 Å². The van der Waals surface area contributed by atoms with Gasteiger partial charge in [-0.15, -0.1) is 29.7 Å². The van der Waals surface area contributed by atoms with Crippen LogP contribution in [0.4, 0.5) is 5.13 Å². The van der Waals surface area contributed by atoms with Gasteiger partial charge in [-0.05, 0) is 24.6 Å². The van der Waals surface area contributed by atoms with E-state index in [1.165, 1.54) is 34.4 Å². The Hall–Kier alpha value is -3.01. The number of fused-ring (bicyclic) bond motifs is 1. The molecule has 168 valence electrons. The number of hydrogen-bond donors (Lipinski definition) is 1. The smallest absolute Gasteiger partial charge is 0.258 e. The van der Waals surface area contributed by atoms with Crippen LogP contribution in [0.1, 0.15) is 5.56 Å². The molecular formula is C24H22N4O2S3. The molecule has 0 saturated heterocycles. The van der Waals surface area contributed by atoms with E-state index in [0.29, 0.717) is 16.5 Å². The van der Waals surface area contributed by atoms with E-state index in [4.69, 9.17) is 0 Å². The Balaban J connectivity index is 1.34. The topological polar surface area (TPSA) is 76.3 Å². The first-order valence-corrected chi connectivity index (χ1v) is 13.1. The van der Waals surface area contributed by atoms with Crippen molar-refractivity contribution in [2.75, 3.05) is 16.8 Å². The lowest BCUT2D eigenvalue weighted by Gasteiger charge is -2.02. The summed E-state index contributed by atoms with van der Waals surface area (Å²) < 4.78 is 3.06. The second-order valence-electron chi connectivity index (χ2n) is 7.21. The van der Waals surface area contributed by atoms with Gasteiger partial charge in [0.1, 0.15) is 0 Å². The van der Waals surface area contributed by atoms with Crippen LogP contribution in [0, 0.1) is 6.92 Å². The number of hydrogen-bond acceptors (Lipinski definition) is 6. The van der Waals surface area contributed by atoms with Crippen molar-refractivity contribution in [2.45, 2.75) is 13.5 Å². The number of carbonyl (C=O) groups excluding carboxylic acids is 2.